The average molecular weight is 508 g/mol. The fraction of sp³-hybridized carbons (Fsp3) is 0.583. The average Bonchev–Trinajstić information content (AvgIpc) is 2.98. The molecule has 0 N–H and O–H groups in total. The predicted octanol–water partition coefficient (Wildman–Crippen LogP) is -3.34. The van der Waals surface area contributed by atoms with Gasteiger partial charge in [-0.1, -0.05) is 75.1 Å². The zero-order valence-electron chi connectivity index (χ0n) is 19.5. The van der Waals surface area contributed by atoms with Crippen LogP contribution < -0.4 is 42.4 Å². The van der Waals surface area contributed by atoms with E-state index in [9.17, 15) is 0 Å². The summed E-state index contributed by atoms with van der Waals surface area (Å²) in [6.07, 6.45) is 10.3. The molecule has 0 spiro atoms. The number of rotatable bonds is 7. The summed E-state index contributed by atoms with van der Waals surface area (Å²) in [7, 11) is -0.406. The molecule has 1 aromatic carbocycles. The molecule has 29 heavy (non-hydrogen) atoms. The Labute approximate surface area is 216 Å². The smallest absolute Gasteiger partial charge is 1.00 e. The van der Waals surface area contributed by atoms with Crippen LogP contribution in [0.3, 0.4) is 0 Å². The Hall–Kier alpha value is 0.501. The Morgan fingerprint density at radius 2 is 1.31 bits per heavy atom. The zero-order valence-corrected chi connectivity index (χ0v) is 24.7. The van der Waals surface area contributed by atoms with Crippen molar-refractivity contribution in [2.45, 2.75) is 87.5 Å². The molecule has 0 nitrogen and oxygen atoms in total. The van der Waals surface area contributed by atoms with Gasteiger partial charge in [0.25, 0.3) is 0 Å². The molecule has 1 aromatic rings. The predicted molar refractivity (Wildman–Crippen MR) is 116 cm³/mol. The SMILES string of the molecule is CCCCCC1=[C-]C(C(C)C)=C([SiH2]c2c(C)c(C)c(C)c(C)c2C)C1.[Cl-].[Cl-].[Cl-].[Ti+4]. The van der Waals surface area contributed by atoms with Gasteiger partial charge in [-0.2, -0.15) is 5.57 Å². The van der Waals surface area contributed by atoms with Crippen molar-refractivity contribution in [1.29, 1.82) is 0 Å². The van der Waals surface area contributed by atoms with E-state index in [-0.39, 0.29) is 58.9 Å². The summed E-state index contributed by atoms with van der Waals surface area (Å²) in [5, 5.41) is 3.46. The van der Waals surface area contributed by atoms with Crippen LogP contribution in [0.4, 0.5) is 0 Å². The molecule has 0 aromatic heterocycles. The zero-order chi connectivity index (χ0) is 18.7. The van der Waals surface area contributed by atoms with Gasteiger partial charge in [0.15, 0.2) is 0 Å². The maximum Gasteiger partial charge on any atom is 4.00 e. The molecule has 0 atom stereocenters. The molecule has 0 amide bonds. The monoisotopic (exact) mass is 506 g/mol. The molecular formula is C24H37Cl3SiTi. The van der Waals surface area contributed by atoms with E-state index in [0.717, 1.165) is 0 Å². The van der Waals surface area contributed by atoms with Crippen LogP contribution in [0.15, 0.2) is 16.3 Å². The van der Waals surface area contributed by atoms with Crippen molar-refractivity contribution in [2.24, 2.45) is 5.92 Å². The molecule has 0 bridgehead atoms. The summed E-state index contributed by atoms with van der Waals surface area (Å²) in [4.78, 5) is 0. The van der Waals surface area contributed by atoms with Crippen LogP contribution in [0, 0.1) is 46.6 Å². The fourth-order valence-electron chi connectivity index (χ4n) is 4.18. The number of hydrogen-bond acceptors (Lipinski definition) is 0. The summed E-state index contributed by atoms with van der Waals surface area (Å²) in [5.41, 5.74) is 10.8. The van der Waals surface area contributed by atoms with Gasteiger partial charge in [0, 0.05) is 0 Å². The van der Waals surface area contributed by atoms with Gasteiger partial charge in [0.2, 0.25) is 0 Å². The third-order valence-corrected chi connectivity index (χ3v) is 8.80. The Balaban J connectivity index is -0.00000169. The van der Waals surface area contributed by atoms with Crippen molar-refractivity contribution in [2.75, 3.05) is 0 Å². The summed E-state index contributed by atoms with van der Waals surface area (Å²) >= 11 is 0. The van der Waals surface area contributed by atoms with Crippen LogP contribution in [0.1, 0.15) is 80.7 Å². The molecule has 0 unspecified atom stereocenters. The van der Waals surface area contributed by atoms with Gasteiger partial charge in [-0.15, -0.1) is 0 Å². The summed E-state index contributed by atoms with van der Waals surface area (Å²) in [5.74, 6) is 0.611. The third kappa shape index (κ3) is 8.17. The second-order valence-electron chi connectivity index (χ2n) is 8.31. The fourth-order valence-corrected chi connectivity index (χ4v) is 6.78. The van der Waals surface area contributed by atoms with Crippen LogP contribution in [0.5, 0.6) is 0 Å². The molecule has 2 rings (SSSR count). The van der Waals surface area contributed by atoms with Crippen LogP contribution in [0.2, 0.25) is 0 Å². The van der Waals surface area contributed by atoms with Crippen LogP contribution >= 0.6 is 0 Å². The first-order valence-corrected chi connectivity index (χ1v) is 11.6. The maximum absolute atomic E-state index is 3.83. The number of hydrogen-bond donors (Lipinski definition) is 0. The van der Waals surface area contributed by atoms with E-state index in [1.165, 1.54) is 48.8 Å². The summed E-state index contributed by atoms with van der Waals surface area (Å²) in [6.45, 7) is 18.6. The third-order valence-electron chi connectivity index (χ3n) is 6.32. The van der Waals surface area contributed by atoms with Crippen molar-refractivity contribution >= 4 is 14.7 Å². The molecule has 0 heterocycles. The van der Waals surface area contributed by atoms with Crippen LogP contribution in [-0.4, -0.2) is 9.52 Å². The molecular weight excluding hydrogens is 471 g/mol. The molecule has 0 saturated carbocycles. The van der Waals surface area contributed by atoms with E-state index in [1.807, 2.05) is 0 Å². The number of unbranched alkanes of at least 4 members (excludes halogenated alkanes) is 2. The molecule has 1 aliphatic rings. The van der Waals surface area contributed by atoms with Crippen molar-refractivity contribution in [3.8, 4) is 0 Å². The first kappa shape index (κ1) is 34.1. The first-order valence-electron chi connectivity index (χ1n) is 10.2. The Morgan fingerprint density at radius 1 is 0.828 bits per heavy atom. The first-order chi connectivity index (χ1) is 11.8. The van der Waals surface area contributed by atoms with Crippen molar-refractivity contribution in [1.82, 2.24) is 0 Å². The van der Waals surface area contributed by atoms with E-state index in [2.05, 4.69) is 61.5 Å². The molecule has 5 heteroatoms. The largest absolute Gasteiger partial charge is 4.00 e. The van der Waals surface area contributed by atoms with Crippen molar-refractivity contribution in [3.63, 3.8) is 0 Å². The molecule has 0 radical (unpaired) electrons. The Bertz CT molecular complexity index is 692. The Morgan fingerprint density at radius 3 is 1.76 bits per heavy atom. The maximum atomic E-state index is 3.83. The second kappa shape index (κ2) is 15.3. The van der Waals surface area contributed by atoms with Gasteiger partial charge in [-0.05, 0) is 60.8 Å². The van der Waals surface area contributed by atoms with E-state index in [1.54, 1.807) is 32.7 Å². The second-order valence-corrected chi connectivity index (χ2v) is 10.2. The number of halogens is 3. The van der Waals surface area contributed by atoms with Gasteiger partial charge in [-0.25, -0.2) is 16.8 Å². The minimum Gasteiger partial charge on any atom is -1.00 e. The van der Waals surface area contributed by atoms with Gasteiger partial charge in [0.1, 0.15) is 0 Å². The minimum atomic E-state index is -0.406. The van der Waals surface area contributed by atoms with E-state index in [0.29, 0.717) is 5.92 Å². The Kier molecular flexibility index (Phi) is 18.0. The topological polar surface area (TPSA) is 0 Å². The van der Waals surface area contributed by atoms with Gasteiger partial charge in [-0.3, -0.25) is 0 Å². The normalized spacial score (nSPS) is 13.1. The van der Waals surface area contributed by atoms with Crippen LogP contribution in [-0.2, 0) is 21.7 Å². The molecule has 1 aliphatic carbocycles. The molecule has 0 aliphatic heterocycles. The van der Waals surface area contributed by atoms with E-state index in [4.69, 9.17) is 0 Å². The van der Waals surface area contributed by atoms with Gasteiger partial charge < -0.3 is 37.2 Å². The number of allylic oxidation sites excluding steroid dienone is 4. The quantitative estimate of drug-likeness (QED) is 0.206. The van der Waals surface area contributed by atoms with Gasteiger partial charge >= 0.3 is 21.7 Å². The molecule has 0 fully saturated rings. The molecule has 0 saturated heterocycles. The minimum absolute atomic E-state index is 0. The van der Waals surface area contributed by atoms with E-state index < -0.39 is 9.52 Å². The van der Waals surface area contributed by atoms with Crippen molar-refractivity contribution in [3.05, 3.63) is 50.2 Å². The van der Waals surface area contributed by atoms with Crippen molar-refractivity contribution < 1.29 is 58.9 Å². The summed E-state index contributed by atoms with van der Waals surface area (Å²) in [6, 6.07) is 0. The summed E-state index contributed by atoms with van der Waals surface area (Å²) < 4.78 is 0. The number of benzene rings is 1. The standard InChI is InChI=1S/C24H37Si.3ClH.Ti/c1-9-10-11-12-21-13-22(15(2)3)23(14-21)25-24-19(7)17(5)16(4)18(6)20(24)8;;;;/h15H,9-12,14,25H2,1-8H3;3*1H;/q-1;;;;+4/p-3. The van der Waals surface area contributed by atoms with Gasteiger partial charge in [0.05, 0.1) is 0 Å². The van der Waals surface area contributed by atoms with Crippen LogP contribution in [0.25, 0.3) is 0 Å². The molecule has 162 valence electrons. The van der Waals surface area contributed by atoms with E-state index >= 15 is 0 Å².